The summed E-state index contributed by atoms with van der Waals surface area (Å²) >= 11 is 6.06. The van der Waals surface area contributed by atoms with Gasteiger partial charge in [0, 0.05) is 32.1 Å². The Bertz CT molecular complexity index is 1220. The number of nitrogens with one attached hydrogen (secondary N) is 1. The summed E-state index contributed by atoms with van der Waals surface area (Å²) < 4.78 is 10.8. The van der Waals surface area contributed by atoms with E-state index in [9.17, 15) is 19.8 Å². The molecule has 1 saturated heterocycles. The molecule has 0 bridgehead atoms. The van der Waals surface area contributed by atoms with Crippen LogP contribution in [0.15, 0.2) is 40.9 Å². The van der Waals surface area contributed by atoms with Gasteiger partial charge in [-0.25, -0.2) is 0 Å². The molecule has 0 radical (unpaired) electrons. The molecule has 1 aliphatic rings. The fourth-order valence-electron chi connectivity index (χ4n) is 3.98. The number of hydrogen-bond donors (Lipinski definition) is 3. The highest BCUT2D eigenvalue weighted by Gasteiger charge is 2.29. The zero-order valence-electron chi connectivity index (χ0n) is 18.7. The van der Waals surface area contributed by atoms with E-state index in [1.165, 1.54) is 13.0 Å². The van der Waals surface area contributed by atoms with Crippen molar-refractivity contribution in [2.75, 3.05) is 20.2 Å². The van der Waals surface area contributed by atoms with Crippen molar-refractivity contribution >= 4 is 23.4 Å². The molecule has 9 nitrogen and oxygen atoms in total. The number of halogens is 1. The van der Waals surface area contributed by atoms with Crippen LogP contribution in [0.2, 0.25) is 5.02 Å². The van der Waals surface area contributed by atoms with Gasteiger partial charge in [0.05, 0.1) is 23.3 Å². The van der Waals surface area contributed by atoms with Crippen LogP contribution in [0.5, 0.6) is 17.2 Å². The molecule has 2 aromatic carbocycles. The first kappa shape index (κ1) is 23.4. The number of methoxy groups -OCH3 is 1. The SMILES string of the molecule is COc1ccc(-c2c(C(=O)NC3CCN(C(C)=O)CC3)noc2-c2cc(Cl)c(O)cc2O)cc1. The molecule has 0 saturated carbocycles. The second-order valence-electron chi connectivity index (χ2n) is 8.04. The Labute approximate surface area is 200 Å². The Morgan fingerprint density at radius 1 is 1.15 bits per heavy atom. The molecular formula is C24H24ClN3O6. The Hall–Kier alpha value is -3.72. The summed E-state index contributed by atoms with van der Waals surface area (Å²) in [5.41, 5.74) is 1.18. The molecule has 1 aliphatic heterocycles. The smallest absolute Gasteiger partial charge is 0.274 e. The number of nitrogens with zero attached hydrogens (tertiary/aromatic N) is 2. The van der Waals surface area contributed by atoms with Crippen LogP contribution in [-0.2, 0) is 4.79 Å². The number of amides is 2. The van der Waals surface area contributed by atoms with Gasteiger partial charge in [-0.2, -0.15) is 0 Å². The van der Waals surface area contributed by atoms with E-state index in [2.05, 4.69) is 10.5 Å². The third-order valence-corrected chi connectivity index (χ3v) is 6.17. The minimum absolute atomic E-state index is 0.00751. The number of benzene rings is 2. The summed E-state index contributed by atoms with van der Waals surface area (Å²) in [6.45, 7) is 2.66. The number of phenols is 2. The van der Waals surface area contributed by atoms with Crippen molar-refractivity contribution in [2.24, 2.45) is 0 Å². The van der Waals surface area contributed by atoms with Crippen molar-refractivity contribution in [1.82, 2.24) is 15.4 Å². The number of aromatic hydroxyl groups is 2. The van der Waals surface area contributed by atoms with Crippen molar-refractivity contribution in [3.63, 3.8) is 0 Å². The average molecular weight is 486 g/mol. The summed E-state index contributed by atoms with van der Waals surface area (Å²) in [5.74, 6) is -0.243. The summed E-state index contributed by atoms with van der Waals surface area (Å²) in [6, 6.07) is 9.28. The summed E-state index contributed by atoms with van der Waals surface area (Å²) in [4.78, 5) is 26.5. The number of carbonyl (C=O) groups excluding carboxylic acids is 2. The largest absolute Gasteiger partial charge is 0.507 e. The molecule has 4 rings (SSSR count). The van der Waals surface area contributed by atoms with E-state index >= 15 is 0 Å². The van der Waals surface area contributed by atoms with E-state index in [1.807, 2.05) is 0 Å². The second kappa shape index (κ2) is 9.64. The number of likely N-dealkylation sites (tertiary alicyclic amines) is 1. The molecule has 0 atom stereocenters. The fraction of sp³-hybridized carbons (Fsp3) is 0.292. The van der Waals surface area contributed by atoms with E-state index in [0.29, 0.717) is 42.8 Å². The lowest BCUT2D eigenvalue weighted by Gasteiger charge is -2.31. The fourth-order valence-corrected chi connectivity index (χ4v) is 4.14. The van der Waals surface area contributed by atoms with Crippen LogP contribution in [0, 0.1) is 0 Å². The van der Waals surface area contributed by atoms with Crippen LogP contribution < -0.4 is 10.1 Å². The van der Waals surface area contributed by atoms with Crippen molar-refractivity contribution in [2.45, 2.75) is 25.8 Å². The number of ether oxygens (including phenoxy) is 1. The molecule has 1 aromatic heterocycles. The van der Waals surface area contributed by atoms with E-state index in [4.69, 9.17) is 20.9 Å². The Balaban J connectivity index is 1.71. The Morgan fingerprint density at radius 3 is 2.44 bits per heavy atom. The second-order valence-corrected chi connectivity index (χ2v) is 8.45. The van der Waals surface area contributed by atoms with Crippen LogP contribution >= 0.6 is 11.6 Å². The van der Waals surface area contributed by atoms with Crippen molar-refractivity contribution in [3.8, 4) is 39.7 Å². The van der Waals surface area contributed by atoms with E-state index in [1.54, 1.807) is 36.3 Å². The van der Waals surface area contributed by atoms with Gasteiger partial charge in [0.25, 0.3) is 5.91 Å². The van der Waals surface area contributed by atoms with Gasteiger partial charge in [0.2, 0.25) is 5.91 Å². The van der Waals surface area contributed by atoms with Crippen LogP contribution in [0.4, 0.5) is 0 Å². The molecule has 0 spiro atoms. The molecule has 3 aromatic rings. The average Bonchev–Trinajstić information content (AvgIpc) is 3.27. The first-order chi connectivity index (χ1) is 16.3. The molecule has 2 amide bonds. The minimum atomic E-state index is -0.438. The van der Waals surface area contributed by atoms with Crippen LogP contribution in [0.25, 0.3) is 22.5 Å². The molecule has 2 heterocycles. The molecule has 10 heteroatoms. The highest BCUT2D eigenvalue weighted by Crippen LogP contribution is 2.43. The quantitative estimate of drug-likeness (QED) is 0.501. The third-order valence-electron chi connectivity index (χ3n) is 5.87. The monoisotopic (exact) mass is 485 g/mol. The normalized spacial score (nSPS) is 14.1. The van der Waals surface area contributed by atoms with Gasteiger partial charge in [-0.1, -0.05) is 28.9 Å². The minimum Gasteiger partial charge on any atom is -0.507 e. The van der Waals surface area contributed by atoms with Crippen LogP contribution in [0.1, 0.15) is 30.3 Å². The third kappa shape index (κ3) is 4.65. The van der Waals surface area contributed by atoms with E-state index in [0.717, 1.165) is 6.07 Å². The highest BCUT2D eigenvalue weighted by molar-refractivity contribution is 6.32. The molecular weight excluding hydrogens is 462 g/mol. The van der Waals surface area contributed by atoms with Gasteiger partial charge in [-0.05, 0) is 36.6 Å². The predicted molar refractivity (Wildman–Crippen MR) is 125 cm³/mol. The topological polar surface area (TPSA) is 125 Å². The number of phenolic OH excluding ortho intramolecular Hbond substituents is 2. The van der Waals surface area contributed by atoms with Gasteiger partial charge in [0.15, 0.2) is 11.5 Å². The lowest BCUT2D eigenvalue weighted by molar-refractivity contribution is -0.129. The maximum absolute atomic E-state index is 13.2. The summed E-state index contributed by atoms with van der Waals surface area (Å²) in [6.07, 6.45) is 1.25. The first-order valence-electron chi connectivity index (χ1n) is 10.7. The standard InChI is InChI=1S/C24H24ClN3O6/c1-13(29)28-9-7-15(8-10-28)26-24(32)22-21(14-3-5-16(33-2)6-4-14)23(34-27-22)17-11-18(25)20(31)12-19(17)30/h3-6,11-12,15,30-31H,7-10H2,1-2H3,(H,26,32). The number of rotatable bonds is 5. The lowest BCUT2D eigenvalue weighted by atomic mass is 9.97. The van der Waals surface area contributed by atoms with Gasteiger partial charge in [-0.3, -0.25) is 9.59 Å². The van der Waals surface area contributed by atoms with E-state index < -0.39 is 5.91 Å². The lowest BCUT2D eigenvalue weighted by Crippen LogP contribution is -2.46. The Kier molecular flexibility index (Phi) is 6.65. The maximum atomic E-state index is 13.2. The van der Waals surface area contributed by atoms with Gasteiger partial charge < -0.3 is 29.7 Å². The molecule has 1 fully saturated rings. The van der Waals surface area contributed by atoms with Gasteiger partial charge in [0.1, 0.15) is 17.2 Å². The summed E-state index contributed by atoms with van der Waals surface area (Å²) in [5, 5.41) is 27.2. The Morgan fingerprint density at radius 2 is 1.82 bits per heavy atom. The molecule has 178 valence electrons. The van der Waals surface area contributed by atoms with Gasteiger partial charge >= 0.3 is 0 Å². The first-order valence-corrected chi connectivity index (χ1v) is 11.1. The number of aromatic nitrogens is 1. The zero-order chi connectivity index (χ0) is 24.4. The van der Waals surface area contributed by atoms with Crippen LogP contribution in [0.3, 0.4) is 0 Å². The predicted octanol–water partition coefficient (Wildman–Crippen LogP) is 3.82. The molecule has 34 heavy (non-hydrogen) atoms. The molecule has 0 aliphatic carbocycles. The van der Waals surface area contributed by atoms with Crippen molar-refractivity contribution < 1.29 is 29.1 Å². The van der Waals surface area contributed by atoms with Crippen molar-refractivity contribution in [3.05, 3.63) is 47.1 Å². The maximum Gasteiger partial charge on any atom is 0.274 e. The number of carbonyl (C=O) groups is 2. The van der Waals surface area contributed by atoms with Crippen molar-refractivity contribution in [1.29, 1.82) is 0 Å². The number of hydrogen-bond acceptors (Lipinski definition) is 7. The number of piperidine rings is 1. The van der Waals surface area contributed by atoms with Gasteiger partial charge in [-0.15, -0.1) is 0 Å². The molecule has 3 N–H and O–H groups in total. The van der Waals surface area contributed by atoms with Crippen LogP contribution in [-0.4, -0.2) is 58.3 Å². The molecule has 0 unspecified atom stereocenters. The summed E-state index contributed by atoms with van der Waals surface area (Å²) in [7, 11) is 1.55. The highest BCUT2D eigenvalue weighted by atomic mass is 35.5. The zero-order valence-corrected chi connectivity index (χ0v) is 19.4. The van der Waals surface area contributed by atoms with E-state index in [-0.39, 0.29) is 45.5 Å².